The molecule has 2 aromatic rings. The molecule has 0 aliphatic heterocycles. The summed E-state index contributed by atoms with van der Waals surface area (Å²) in [5.41, 5.74) is 0.201. The average Bonchev–Trinajstić information content (AvgIpc) is 2.46. The van der Waals surface area contributed by atoms with Gasteiger partial charge in [-0.3, -0.25) is 0 Å². The monoisotopic (exact) mass is 343 g/mol. The third-order valence-corrected chi connectivity index (χ3v) is 3.78. The fraction of sp³-hybridized carbons (Fsp3) is 0.0714. The van der Waals surface area contributed by atoms with E-state index >= 15 is 0 Å². The van der Waals surface area contributed by atoms with E-state index in [1.165, 1.54) is 24.3 Å². The molecule has 0 radical (unpaired) electrons. The van der Waals surface area contributed by atoms with Crippen molar-refractivity contribution in [2.75, 3.05) is 0 Å². The van der Waals surface area contributed by atoms with Crippen molar-refractivity contribution in [2.24, 2.45) is 0 Å². The molecule has 0 N–H and O–H groups in total. The summed E-state index contributed by atoms with van der Waals surface area (Å²) >= 11 is 0. The molecule has 0 aliphatic carbocycles. The van der Waals surface area contributed by atoms with E-state index < -0.39 is 22.2 Å². The summed E-state index contributed by atoms with van der Waals surface area (Å²) in [6.45, 7) is 0. The summed E-state index contributed by atoms with van der Waals surface area (Å²) in [4.78, 5) is -0.352. The second-order valence-electron chi connectivity index (χ2n) is 4.20. The molecule has 0 unspecified atom stereocenters. The van der Waals surface area contributed by atoms with Gasteiger partial charge in [0.1, 0.15) is 16.4 Å². The van der Waals surface area contributed by atoms with Crippen LogP contribution in [0, 0.1) is 11.3 Å². The molecular formula is C14H8F3NO4S. The zero-order valence-corrected chi connectivity index (χ0v) is 12.1. The Morgan fingerprint density at radius 3 is 2.22 bits per heavy atom. The fourth-order valence-electron chi connectivity index (χ4n) is 1.60. The van der Waals surface area contributed by atoms with Crippen molar-refractivity contribution in [3.8, 4) is 17.6 Å². The van der Waals surface area contributed by atoms with Crippen LogP contribution >= 0.6 is 0 Å². The molecule has 9 heteroatoms. The molecule has 0 heterocycles. The van der Waals surface area contributed by atoms with E-state index in [1.54, 1.807) is 0 Å². The maximum absolute atomic E-state index is 12.0. The molecule has 23 heavy (non-hydrogen) atoms. The molecule has 0 saturated heterocycles. The van der Waals surface area contributed by atoms with Gasteiger partial charge in [0.15, 0.2) is 0 Å². The molecule has 0 amide bonds. The summed E-state index contributed by atoms with van der Waals surface area (Å²) in [5, 5.41) is 8.74. The molecule has 0 aromatic heterocycles. The van der Waals surface area contributed by atoms with Crippen LogP contribution in [0.5, 0.6) is 11.5 Å². The number of hydrogen-bond donors (Lipinski definition) is 0. The summed E-state index contributed by atoms with van der Waals surface area (Å²) < 4.78 is 68.7. The maximum Gasteiger partial charge on any atom is 0.573 e. The Morgan fingerprint density at radius 2 is 1.65 bits per heavy atom. The van der Waals surface area contributed by atoms with E-state index in [4.69, 9.17) is 9.44 Å². The third-order valence-electron chi connectivity index (χ3n) is 2.52. The summed E-state index contributed by atoms with van der Waals surface area (Å²) in [5.74, 6) is -0.636. The van der Waals surface area contributed by atoms with Gasteiger partial charge in [-0.15, -0.1) is 13.2 Å². The van der Waals surface area contributed by atoms with Gasteiger partial charge in [0, 0.05) is 0 Å². The van der Waals surface area contributed by atoms with Gasteiger partial charge < -0.3 is 8.92 Å². The lowest BCUT2D eigenvalue weighted by molar-refractivity contribution is -0.274. The molecule has 0 fully saturated rings. The van der Waals surface area contributed by atoms with Crippen LogP contribution in [0.1, 0.15) is 5.56 Å². The van der Waals surface area contributed by atoms with E-state index in [0.29, 0.717) is 0 Å². The van der Waals surface area contributed by atoms with Crippen LogP contribution in [0.25, 0.3) is 0 Å². The molecule has 0 aliphatic rings. The van der Waals surface area contributed by atoms with Gasteiger partial charge in [0.25, 0.3) is 0 Å². The number of nitriles is 1. The second-order valence-corrected chi connectivity index (χ2v) is 5.74. The predicted molar refractivity (Wildman–Crippen MR) is 72.1 cm³/mol. The van der Waals surface area contributed by atoms with Crippen molar-refractivity contribution in [3.63, 3.8) is 0 Å². The van der Waals surface area contributed by atoms with Gasteiger partial charge in [-0.2, -0.15) is 13.7 Å². The molecule has 0 bridgehead atoms. The molecule has 5 nitrogen and oxygen atoms in total. The maximum atomic E-state index is 12.0. The Balaban J connectivity index is 2.21. The van der Waals surface area contributed by atoms with Crippen molar-refractivity contribution in [2.45, 2.75) is 11.3 Å². The minimum atomic E-state index is -4.87. The summed E-state index contributed by atoms with van der Waals surface area (Å²) in [6.07, 6.45) is -4.87. The average molecular weight is 343 g/mol. The van der Waals surface area contributed by atoms with Crippen molar-refractivity contribution in [1.29, 1.82) is 5.26 Å². The van der Waals surface area contributed by atoms with Crippen molar-refractivity contribution in [1.82, 2.24) is 0 Å². The number of benzene rings is 2. The van der Waals surface area contributed by atoms with Gasteiger partial charge in [-0.05, 0) is 42.5 Å². The highest BCUT2D eigenvalue weighted by Gasteiger charge is 2.31. The molecule has 2 rings (SSSR count). The van der Waals surface area contributed by atoms with Gasteiger partial charge in [0.2, 0.25) is 0 Å². The number of nitrogens with zero attached hydrogens (tertiary/aromatic N) is 1. The van der Waals surface area contributed by atoms with Crippen LogP contribution in [0.3, 0.4) is 0 Å². The molecular weight excluding hydrogens is 335 g/mol. The molecule has 0 saturated carbocycles. The standard InChI is InChI=1S/C14H8F3NO4S/c15-14(16,17)21-11-4-6-13(7-5-11)23(19,20)22-12-3-1-2-10(8-12)9-18/h1-8H. The third kappa shape index (κ3) is 4.62. The lowest BCUT2D eigenvalue weighted by Crippen LogP contribution is -2.17. The number of halogens is 3. The van der Waals surface area contributed by atoms with Gasteiger partial charge in [0.05, 0.1) is 11.6 Å². The first-order chi connectivity index (χ1) is 10.7. The van der Waals surface area contributed by atoms with E-state index in [0.717, 1.165) is 24.3 Å². The van der Waals surface area contributed by atoms with Crippen LogP contribution in [0.2, 0.25) is 0 Å². The predicted octanol–water partition coefficient (Wildman–Crippen LogP) is 3.22. The van der Waals surface area contributed by atoms with E-state index in [-0.39, 0.29) is 16.2 Å². The highest BCUT2D eigenvalue weighted by molar-refractivity contribution is 7.87. The normalized spacial score (nSPS) is 11.6. The van der Waals surface area contributed by atoms with Crippen LogP contribution in [0.4, 0.5) is 13.2 Å². The smallest absolute Gasteiger partial charge is 0.406 e. The van der Waals surface area contributed by atoms with Gasteiger partial charge in [-0.25, -0.2) is 0 Å². The molecule has 0 atom stereocenters. The van der Waals surface area contributed by atoms with Crippen LogP contribution < -0.4 is 8.92 Å². The zero-order valence-electron chi connectivity index (χ0n) is 11.2. The number of alkyl halides is 3. The first-order valence-corrected chi connectivity index (χ1v) is 7.41. The Kier molecular flexibility index (Phi) is 4.47. The fourth-order valence-corrected chi connectivity index (χ4v) is 2.52. The minimum Gasteiger partial charge on any atom is -0.406 e. The van der Waals surface area contributed by atoms with E-state index in [1.807, 2.05) is 6.07 Å². The molecule has 120 valence electrons. The largest absolute Gasteiger partial charge is 0.573 e. The number of hydrogen-bond acceptors (Lipinski definition) is 5. The van der Waals surface area contributed by atoms with Crippen molar-refractivity contribution in [3.05, 3.63) is 54.1 Å². The van der Waals surface area contributed by atoms with Crippen molar-refractivity contribution < 1.29 is 30.5 Å². The Bertz CT molecular complexity index is 840. The SMILES string of the molecule is N#Cc1cccc(OS(=O)(=O)c2ccc(OC(F)(F)F)cc2)c1. The summed E-state index contributed by atoms with van der Waals surface area (Å²) in [7, 11) is -4.24. The van der Waals surface area contributed by atoms with Crippen LogP contribution in [-0.2, 0) is 10.1 Å². The molecule has 0 spiro atoms. The van der Waals surface area contributed by atoms with Crippen LogP contribution in [0.15, 0.2) is 53.4 Å². The second kappa shape index (κ2) is 6.18. The molecule has 2 aromatic carbocycles. The Morgan fingerprint density at radius 1 is 1.00 bits per heavy atom. The van der Waals surface area contributed by atoms with Crippen LogP contribution in [-0.4, -0.2) is 14.8 Å². The Hall–Kier alpha value is -2.73. The van der Waals surface area contributed by atoms with Crippen molar-refractivity contribution >= 4 is 10.1 Å². The topological polar surface area (TPSA) is 76.4 Å². The lowest BCUT2D eigenvalue weighted by Gasteiger charge is -2.10. The number of rotatable bonds is 4. The first-order valence-electron chi connectivity index (χ1n) is 6.00. The van der Waals surface area contributed by atoms with E-state index in [9.17, 15) is 21.6 Å². The first kappa shape index (κ1) is 16.6. The quantitative estimate of drug-likeness (QED) is 0.797. The highest BCUT2D eigenvalue weighted by Crippen LogP contribution is 2.25. The Labute approximate surface area is 129 Å². The van der Waals surface area contributed by atoms with Gasteiger partial charge in [-0.1, -0.05) is 6.07 Å². The summed E-state index contributed by atoms with van der Waals surface area (Å²) in [6, 6.07) is 10.8. The zero-order chi connectivity index (χ0) is 17.1. The van der Waals surface area contributed by atoms with Gasteiger partial charge >= 0.3 is 16.5 Å². The lowest BCUT2D eigenvalue weighted by atomic mass is 10.2. The highest BCUT2D eigenvalue weighted by atomic mass is 32.2. The number of ether oxygens (including phenoxy) is 1. The minimum absolute atomic E-state index is 0.0836. The van der Waals surface area contributed by atoms with E-state index in [2.05, 4.69) is 4.74 Å².